The van der Waals surface area contributed by atoms with Gasteiger partial charge in [-0.1, -0.05) is 22.9 Å². The van der Waals surface area contributed by atoms with Crippen molar-refractivity contribution >= 4 is 28.4 Å². The van der Waals surface area contributed by atoms with Gasteiger partial charge in [0.2, 0.25) is 0 Å². The van der Waals surface area contributed by atoms with Crippen molar-refractivity contribution in [2.45, 2.75) is 39.2 Å². The fourth-order valence-electron chi connectivity index (χ4n) is 2.87. The first kappa shape index (κ1) is 22.4. The van der Waals surface area contributed by atoms with E-state index in [1.807, 2.05) is 13.0 Å². The lowest BCUT2D eigenvalue weighted by molar-refractivity contribution is 0.0418. The van der Waals surface area contributed by atoms with Crippen LogP contribution in [0.1, 0.15) is 37.8 Å². The summed E-state index contributed by atoms with van der Waals surface area (Å²) in [4.78, 5) is 11.6. The van der Waals surface area contributed by atoms with E-state index in [-0.39, 0.29) is 5.75 Å². The van der Waals surface area contributed by atoms with Gasteiger partial charge in [-0.05, 0) is 63.9 Å². The summed E-state index contributed by atoms with van der Waals surface area (Å²) in [7, 11) is -4.28. The zero-order chi connectivity index (χ0) is 22.5. The number of benzene rings is 2. The van der Waals surface area contributed by atoms with E-state index < -0.39 is 22.1 Å². The van der Waals surface area contributed by atoms with Gasteiger partial charge in [-0.25, -0.2) is 9.08 Å². The Morgan fingerprint density at radius 1 is 1.13 bits per heavy atom. The number of fused-ring (bicyclic) bond motifs is 1. The molecule has 10 heteroatoms. The average Bonchev–Trinajstić information content (AvgIpc) is 2.68. The highest BCUT2D eigenvalue weighted by Crippen LogP contribution is 2.37. The minimum absolute atomic E-state index is 0.146. The zero-order valence-corrected chi connectivity index (χ0v) is 18.3. The third-order valence-corrected chi connectivity index (χ3v) is 5.06. The molecule has 9 nitrogen and oxygen atoms in total. The number of hydrogen-bond acceptors (Lipinski definition) is 8. The maximum atomic E-state index is 11.7. The number of oxime groups is 1. The van der Waals surface area contributed by atoms with E-state index in [9.17, 15) is 13.2 Å². The van der Waals surface area contributed by atoms with Crippen molar-refractivity contribution in [2.75, 3.05) is 11.9 Å². The normalized spacial score (nSPS) is 15.0. The summed E-state index contributed by atoms with van der Waals surface area (Å²) >= 11 is 0. The van der Waals surface area contributed by atoms with Crippen LogP contribution in [0.25, 0.3) is 0 Å². The van der Waals surface area contributed by atoms with Gasteiger partial charge in [-0.2, -0.15) is 0 Å². The summed E-state index contributed by atoms with van der Waals surface area (Å²) < 4.78 is 43.7. The molecule has 0 saturated carbocycles. The Kier molecular flexibility index (Phi) is 6.69. The van der Waals surface area contributed by atoms with Gasteiger partial charge in [0.15, 0.2) is 0 Å². The molecular formula is C21H24N2O7S. The largest absolute Gasteiger partial charge is 0.521 e. The highest BCUT2D eigenvalue weighted by molar-refractivity contribution is 7.82. The lowest BCUT2D eigenvalue weighted by Gasteiger charge is -2.32. The van der Waals surface area contributed by atoms with Gasteiger partial charge in [0.1, 0.15) is 17.1 Å². The Hall–Kier alpha value is -3.27. The van der Waals surface area contributed by atoms with Crippen LogP contribution in [0.3, 0.4) is 0 Å². The Balaban J connectivity index is 1.42. The van der Waals surface area contributed by atoms with E-state index >= 15 is 0 Å². The first-order valence-corrected chi connectivity index (χ1v) is 11.0. The molecule has 1 N–H and O–H groups in total. The van der Waals surface area contributed by atoms with Crippen LogP contribution in [0.15, 0.2) is 47.6 Å². The molecule has 0 unspecified atom stereocenters. The number of nitrogens with zero attached hydrogens (tertiary/aromatic N) is 1. The lowest BCUT2D eigenvalue weighted by atomic mass is 9.94. The molecule has 0 bridgehead atoms. The quantitative estimate of drug-likeness (QED) is 0.346. The molecule has 0 atom stereocenters. The number of nitrogens with one attached hydrogen (secondary N) is 1. The van der Waals surface area contributed by atoms with E-state index in [1.165, 1.54) is 18.3 Å². The van der Waals surface area contributed by atoms with Crippen LogP contribution in [0.4, 0.5) is 10.5 Å². The number of carbonyl (C=O) groups excluding carboxylic acids is 1. The molecule has 0 aliphatic carbocycles. The molecule has 3 rings (SSSR count). The number of amides is 1. The second-order valence-electron chi connectivity index (χ2n) is 7.39. The second kappa shape index (κ2) is 9.25. The number of hydrogen-bond donors (Lipinski definition) is 1. The number of aryl methyl sites for hydroxylation is 1. The number of carbonyl (C=O) groups is 1. The van der Waals surface area contributed by atoms with E-state index in [0.29, 0.717) is 30.9 Å². The Bertz CT molecular complexity index is 1060. The van der Waals surface area contributed by atoms with Crippen molar-refractivity contribution < 1.29 is 31.2 Å². The molecule has 0 radical (unpaired) electrons. The minimum atomic E-state index is -4.28. The lowest BCUT2D eigenvalue weighted by Crippen LogP contribution is -2.34. The highest BCUT2D eigenvalue weighted by Gasteiger charge is 2.33. The highest BCUT2D eigenvalue weighted by atomic mass is 32.3. The third-order valence-electron chi connectivity index (χ3n) is 4.40. The summed E-state index contributed by atoms with van der Waals surface area (Å²) in [5, 5.41) is 6.09. The molecule has 0 aromatic heterocycles. The predicted molar refractivity (Wildman–Crippen MR) is 115 cm³/mol. The van der Waals surface area contributed by atoms with Gasteiger partial charge in [0.05, 0.1) is 12.3 Å². The van der Waals surface area contributed by atoms with Gasteiger partial charge in [-0.15, -0.1) is 8.42 Å². The summed E-state index contributed by atoms with van der Waals surface area (Å²) in [5.74, 6) is 0.779. The maximum Gasteiger partial charge on any atom is 0.521 e. The van der Waals surface area contributed by atoms with Crippen molar-refractivity contribution in [3.8, 4) is 11.5 Å². The first-order chi connectivity index (χ1) is 14.6. The van der Waals surface area contributed by atoms with Gasteiger partial charge < -0.3 is 13.7 Å². The summed E-state index contributed by atoms with van der Waals surface area (Å²) in [6, 6.07) is 11.8. The third kappa shape index (κ3) is 6.35. The number of ether oxygens (including phenoxy) is 2. The molecular weight excluding hydrogens is 424 g/mol. The zero-order valence-electron chi connectivity index (χ0n) is 17.5. The molecule has 1 amide bonds. The molecule has 0 saturated heterocycles. The molecule has 0 spiro atoms. The monoisotopic (exact) mass is 448 g/mol. The number of rotatable bonds is 9. The maximum absolute atomic E-state index is 11.7. The predicted octanol–water partition coefficient (Wildman–Crippen LogP) is 4.28. The van der Waals surface area contributed by atoms with Crippen molar-refractivity contribution in [3.63, 3.8) is 0 Å². The van der Waals surface area contributed by atoms with Crippen LogP contribution in [0.2, 0.25) is 0 Å². The van der Waals surface area contributed by atoms with E-state index in [2.05, 4.69) is 14.8 Å². The molecule has 1 heterocycles. The van der Waals surface area contributed by atoms with Crippen LogP contribution < -0.4 is 14.2 Å². The van der Waals surface area contributed by atoms with Crippen LogP contribution >= 0.6 is 0 Å². The molecule has 1 aliphatic heterocycles. The van der Waals surface area contributed by atoms with Crippen LogP contribution in [-0.4, -0.2) is 27.3 Å². The summed E-state index contributed by atoms with van der Waals surface area (Å²) in [5.41, 5.74) is 1.73. The average molecular weight is 448 g/mol. The molecule has 2 aromatic carbocycles. The fraction of sp³-hybridized carbons (Fsp3) is 0.333. The van der Waals surface area contributed by atoms with Crippen LogP contribution in [-0.2, 0) is 25.0 Å². The molecule has 1 aliphatic rings. The minimum Gasteiger partial charge on any atom is -0.494 e. The number of unbranched alkanes of at least 4 members (excludes halogenated alkanes) is 1. The Morgan fingerprint density at radius 2 is 1.84 bits per heavy atom. The fourth-order valence-corrected chi connectivity index (χ4v) is 3.41. The van der Waals surface area contributed by atoms with Crippen molar-refractivity contribution in [1.29, 1.82) is 0 Å². The van der Waals surface area contributed by atoms with E-state index in [4.69, 9.17) is 13.7 Å². The molecule has 2 aromatic rings. The Labute approximate surface area is 181 Å². The number of anilines is 1. The molecule has 31 heavy (non-hydrogen) atoms. The first-order valence-electron chi connectivity index (χ1n) is 9.63. The van der Waals surface area contributed by atoms with E-state index in [0.717, 1.165) is 11.1 Å². The van der Waals surface area contributed by atoms with Gasteiger partial charge >= 0.3 is 16.5 Å². The van der Waals surface area contributed by atoms with Gasteiger partial charge in [0.25, 0.3) is 0 Å². The summed E-state index contributed by atoms with van der Waals surface area (Å²) in [6.45, 7) is 5.87. The van der Waals surface area contributed by atoms with E-state index in [1.54, 1.807) is 38.1 Å². The van der Waals surface area contributed by atoms with Crippen molar-refractivity contribution in [3.05, 3.63) is 53.6 Å². The van der Waals surface area contributed by atoms with Gasteiger partial charge in [-0.3, -0.25) is 5.32 Å². The molecule has 0 fully saturated rings. The Morgan fingerprint density at radius 3 is 2.58 bits per heavy atom. The van der Waals surface area contributed by atoms with Gasteiger partial charge in [0, 0.05) is 11.8 Å². The molecule has 166 valence electrons. The standard InChI is InChI=1S/C21H24N2O7S/c1-15-6-8-16(9-7-15)29-31(25,26)30-22-12-4-5-13-27-17-10-11-19-18(14-17)21(2,3)28-20(24)23-19/h6-12,14H,4-5,13H2,1-3H3,(H,23,24). The smallest absolute Gasteiger partial charge is 0.494 e. The second-order valence-corrected chi connectivity index (χ2v) is 8.52. The van der Waals surface area contributed by atoms with Crippen molar-refractivity contribution in [1.82, 2.24) is 0 Å². The van der Waals surface area contributed by atoms with Crippen molar-refractivity contribution in [2.24, 2.45) is 5.16 Å². The number of cyclic esters (lactones) is 1. The SMILES string of the molecule is Cc1ccc(OS(=O)(=O)ON=CCCCOc2ccc3c(c2)C(C)(C)OC(=O)N3)cc1. The topological polar surface area (TPSA) is 113 Å². The van der Waals surface area contributed by atoms with Crippen LogP contribution in [0, 0.1) is 6.92 Å². The summed E-state index contributed by atoms with van der Waals surface area (Å²) in [6.07, 6.45) is 1.87. The van der Waals surface area contributed by atoms with Crippen LogP contribution in [0.5, 0.6) is 11.5 Å².